The third kappa shape index (κ3) is 2.99. The van der Waals surface area contributed by atoms with Crippen LogP contribution in [-0.4, -0.2) is 26.3 Å². The van der Waals surface area contributed by atoms with Crippen molar-refractivity contribution in [3.63, 3.8) is 0 Å². The fourth-order valence-corrected chi connectivity index (χ4v) is 0.498. The van der Waals surface area contributed by atoms with Crippen LogP contribution in [0.2, 0.25) is 0 Å². The molecule has 50 valence electrons. The van der Waals surface area contributed by atoms with Crippen molar-refractivity contribution in [3.05, 3.63) is 0 Å². The van der Waals surface area contributed by atoms with E-state index >= 15 is 0 Å². The van der Waals surface area contributed by atoms with E-state index in [1.807, 2.05) is 20.9 Å². The van der Waals surface area contributed by atoms with Crippen LogP contribution < -0.4 is 5.32 Å². The maximum atomic E-state index is 5.12. The van der Waals surface area contributed by atoms with Gasteiger partial charge in [-0.05, 0) is 20.9 Å². The first kappa shape index (κ1) is 7.92. The molecule has 2 heteroatoms. The topological polar surface area (TPSA) is 21.3 Å². The highest BCUT2D eigenvalue weighted by Crippen LogP contribution is 2.03. The molecular weight excluding hydrogens is 102 g/mol. The van der Waals surface area contributed by atoms with Crippen LogP contribution in [0.3, 0.4) is 0 Å². The van der Waals surface area contributed by atoms with Gasteiger partial charge in [0.2, 0.25) is 0 Å². The zero-order chi connectivity index (χ0) is 6.62. The van der Waals surface area contributed by atoms with Gasteiger partial charge in [-0.2, -0.15) is 0 Å². The fourth-order valence-electron chi connectivity index (χ4n) is 0.498. The van der Waals surface area contributed by atoms with Crippen LogP contribution in [0.4, 0.5) is 0 Å². The summed E-state index contributed by atoms with van der Waals surface area (Å²) in [5.74, 6) is 0. The van der Waals surface area contributed by atoms with Crippen LogP contribution in [0.25, 0.3) is 0 Å². The molecular formula is C6H15NO. The number of hydrogen-bond donors (Lipinski definition) is 1. The Kier molecular flexibility index (Phi) is 3.02. The summed E-state index contributed by atoms with van der Waals surface area (Å²) in [7, 11) is 3.64. The molecule has 0 aliphatic carbocycles. The van der Waals surface area contributed by atoms with Gasteiger partial charge in [0.1, 0.15) is 0 Å². The van der Waals surface area contributed by atoms with Crippen molar-refractivity contribution in [3.8, 4) is 0 Å². The van der Waals surface area contributed by atoms with Crippen molar-refractivity contribution in [2.75, 3.05) is 20.7 Å². The molecule has 0 bridgehead atoms. The van der Waals surface area contributed by atoms with E-state index < -0.39 is 0 Å². The van der Waals surface area contributed by atoms with Crippen LogP contribution in [0, 0.1) is 0 Å². The van der Waals surface area contributed by atoms with Crippen LogP contribution in [0.1, 0.15) is 13.8 Å². The van der Waals surface area contributed by atoms with Gasteiger partial charge in [-0.25, -0.2) is 0 Å². The van der Waals surface area contributed by atoms with E-state index in [1.165, 1.54) is 0 Å². The minimum Gasteiger partial charge on any atom is -0.377 e. The molecule has 8 heavy (non-hydrogen) atoms. The van der Waals surface area contributed by atoms with E-state index in [0.717, 1.165) is 6.54 Å². The largest absolute Gasteiger partial charge is 0.377 e. The minimum absolute atomic E-state index is 0.0191. The molecule has 0 aromatic carbocycles. The number of rotatable bonds is 3. The molecule has 0 aromatic heterocycles. The quantitative estimate of drug-likeness (QED) is 0.585. The summed E-state index contributed by atoms with van der Waals surface area (Å²) >= 11 is 0. The van der Waals surface area contributed by atoms with Gasteiger partial charge in [0.25, 0.3) is 0 Å². The molecule has 1 N–H and O–H groups in total. The molecule has 0 aliphatic rings. The molecule has 0 saturated carbocycles. The lowest BCUT2D eigenvalue weighted by Crippen LogP contribution is -2.34. The Hall–Kier alpha value is -0.0800. The zero-order valence-electron chi connectivity index (χ0n) is 6.12. The first-order valence-electron chi connectivity index (χ1n) is 2.82. The summed E-state index contributed by atoms with van der Waals surface area (Å²) in [4.78, 5) is 0. The van der Waals surface area contributed by atoms with E-state index in [2.05, 4.69) is 5.32 Å². The van der Waals surface area contributed by atoms with Gasteiger partial charge in [-0.15, -0.1) is 0 Å². The van der Waals surface area contributed by atoms with E-state index in [9.17, 15) is 0 Å². The lowest BCUT2D eigenvalue weighted by molar-refractivity contribution is 0.0249. The van der Waals surface area contributed by atoms with Crippen molar-refractivity contribution in [1.82, 2.24) is 5.32 Å². The van der Waals surface area contributed by atoms with Gasteiger partial charge >= 0.3 is 0 Å². The Morgan fingerprint density at radius 1 is 1.50 bits per heavy atom. The molecule has 0 saturated heterocycles. The lowest BCUT2D eigenvalue weighted by atomic mass is 10.1. The summed E-state index contributed by atoms with van der Waals surface area (Å²) in [6, 6.07) is 0. The van der Waals surface area contributed by atoms with Gasteiger partial charge in [0.15, 0.2) is 0 Å². The minimum atomic E-state index is -0.0191. The summed E-state index contributed by atoms with van der Waals surface area (Å²) in [6.45, 7) is 4.98. The van der Waals surface area contributed by atoms with Crippen LogP contribution >= 0.6 is 0 Å². The number of likely N-dealkylation sites (N-methyl/N-ethyl adjacent to an activating group) is 1. The van der Waals surface area contributed by atoms with E-state index in [1.54, 1.807) is 7.11 Å². The van der Waals surface area contributed by atoms with Crippen molar-refractivity contribution in [1.29, 1.82) is 0 Å². The van der Waals surface area contributed by atoms with E-state index in [4.69, 9.17) is 4.74 Å². The molecule has 0 rings (SSSR count). The van der Waals surface area contributed by atoms with Crippen LogP contribution in [0.5, 0.6) is 0 Å². The molecule has 0 aliphatic heterocycles. The van der Waals surface area contributed by atoms with Crippen molar-refractivity contribution in [2.45, 2.75) is 19.4 Å². The normalized spacial score (nSPS) is 12.0. The summed E-state index contributed by atoms with van der Waals surface area (Å²) in [5.41, 5.74) is -0.0191. The Labute approximate surface area is 51.2 Å². The summed E-state index contributed by atoms with van der Waals surface area (Å²) < 4.78 is 5.12. The number of ether oxygens (including phenoxy) is 1. The zero-order valence-corrected chi connectivity index (χ0v) is 6.12. The monoisotopic (exact) mass is 117 g/mol. The molecule has 0 unspecified atom stereocenters. The average Bonchev–Trinajstić information content (AvgIpc) is 1.67. The first-order valence-corrected chi connectivity index (χ1v) is 2.82. The molecule has 0 radical (unpaired) electrons. The lowest BCUT2D eigenvalue weighted by Gasteiger charge is -2.21. The molecule has 2 nitrogen and oxygen atoms in total. The fraction of sp³-hybridized carbons (Fsp3) is 1.00. The van der Waals surface area contributed by atoms with Gasteiger partial charge in [-0.1, -0.05) is 0 Å². The van der Waals surface area contributed by atoms with E-state index in [0.29, 0.717) is 0 Å². The van der Waals surface area contributed by atoms with Gasteiger partial charge in [0, 0.05) is 13.7 Å². The second-order valence-corrected chi connectivity index (χ2v) is 2.49. The molecule has 0 atom stereocenters. The number of hydrogen-bond acceptors (Lipinski definition) is 2. The maximum absolute atomic E-state index is 5.12. The maximum Gasteiger partial charge on any atom is 0.0746 e. The highest BCUT2D eigenvalue weighted by molar-refractivity contribution is 4.68. The molecule has 0 fully saturated rings. The second kappa shape index (κ2) is 3.05. The third-order valence-electron chi connectivity index (χ3n) is 1.16. The summed E-state index contributed by atoms with van der Waals surface area (Å²) in [6.07, 6.45) is 0. The second-order valence-electron chi connectivity index (χ2n) is 2.49. The average molecular weight is 117 g/mol. The highest BCUT2D eigenvalue weighted by atomic mass is 16.5. The van der Waals surface area contributed by atoms with Crippen molar-refractivity contribution < 1.29 is 4.74 Å². The Bertz CT molecular complexity index is 61.5. The van der Waals surface area contributed by atoms with Gasteiger partial charge in [0.05, 0.1) is 5.60 Å². The number of nitrogens with one attached hydrogen (secondary N) is 1. The van der Waals surface area contributed by atoms with Gasteiger partial charge in [-0.3, -0.25) is 0 Å². The Balaban J connectivity index is 3.37. The van der Waals surface area contributed by atoms with Crippen molar-refractivity contribution in [2.24, 2.45) is 0 Å². The molecule has 0 aromatic rings. The summed E-state index contributed by atoms with van der Waals surface area (Å²) in [5, 5.41) is 3.03. The molecule has 0 heterocycles. The number of methoxy groups -OCH3 is 1. The SMILES string of the molecule is CNCC(C)(C)OC. The molecule has 0 amide bonds. The molecule has 0 spiro atoms. The van der Waals surface area contributed by atoms with Crippen molar-refractivity contribution >= 4 is 0 Å². The Morgan fingerprint density at radius 2 is 2.00 bits per heavy atom. The smallest absolute Gasteiger partial charge is 0.0746 e. The van der Waals surface area contributed by atoms with Crippen LogP contribution in [-0.2, 0) is 4.74 Å². The van der Waals surface area contributed by atoms with Crippen LogP contribution in [0.15, 0.2) is 0 Å². The van der Waals surface area contributed by atoms with E-state index in [-0.39, 0.29) is 5.60 Å². The standard InChI is InChI=1S/C6H15NO/c1-6(2,8-4)5-7-3/h7H,5H2,1-4H3. The highest BCUT2D eigenvalue weighted by Gasteiger charge is 2.13. The Morgan fingerprint density at radius 3 is 2.12 bits per heavy atom. The first-order chi connectivity index (χ1) is 3.62. The third-order valence-corrected chi connectivity index (χ3v) is 1.16. The predicted octanol–water partition coefficient (Wildman–Crippen LogP) is 0.631. The predicted molar refractivity (Wildman–Crippen MR) is 35.0 cm³/mol. The van der Waals surface area contributed by atoms with Gasteiger partial charge < -0.3 is 10.1 Å².